The summed E-state index contributed by atoms with van der Waals surface area (Å²) in [6.07, 6.45) is -5.90. The topological polar surface area (TPSA) is 29.1 Å². The van der Waals surface area contributed by atoms with Gasteiger partial charge in [-0.25, -0.2) is 0 Å². The molecule has 0 saturated heterocycles. The van der Waals surface area contributed by atoms with E-state index < -0.39 is 18.5 Å². The second-order valence-corrected chi connectivity index (χ2v) is 3.92. The van der Waals surface area contributed by atoms with Gasteiger partial charge in [-0.3, -0.25) is 4.79 Å². The van der Waals surface area contributed by atoms with E-state index in [1.54, 1.807) is 0 Å². The molecule has 0 bridgehead atoms. The van der Waals surface area contributed by atoms with E-state index in [4.69, 9.17) is 11.6 Å². The van der Waals surface area contributed by atoms with Crippen molar-refractivity contribution >= 4 is 17.5 Å². The molecule has 0 aromatic carbocycles. The van der Waals surface area contributed by atoms with Gasteiger partial charge in [-0.05, 0) is 5.92 Å². The summed E-state index contributed by atoms with van der Waals surface area (Å²) in [6, 6.07) is 0. The van der Waals surface area contributed by atoms with Crippen LogP contribution in [-0.4, -0.2) is 24.0 Å². The minimum absolute atomic E-state index is 0.0636. The van der Waals surface area contributed by atoms with Gasteiger partial charge < -0.3 is 5.32 Å². The quantitative estimate of drug-likeness (QED) is 0.740. The van der Waals surface area contributed by atoms with Crippen LogP contribution in [0.25, 0.3) is 0 Å². The molecule has 1 N–H and O–H groups in total. The van der Waals surface area contributed by atoms with Crippen LogP contribution in [0.5, 0.6) is 0 Å². The number of carbonyl (C=O) groups is 1. The zero-order valence-electron chi connectivity index (χ0n) is 7.99. The molecule has 0 spiro atoms. The number of amides is 1. The second-order valence-electron chi connectivity index (χ2n) is 3.36. The van der Waals surface area contributed by atoms with Crippen LogP contribution in [0, 0.1) is 5.92 Å². The molecule has 0 aliphatic heterocycles. The van der Waals surface area contributed by atoms with Crippen LogP contribution in [0.15, 0.2) is 0 Å². The Morgan fingerprint density at radius 2 is 1.93 bits per heavy atom. The Balaban J connectivity index is 3.75. The zero-order valence-corrected chi connectivity index (χ0v) is 8.74. The first-order valence-corrected chi connectivity index (χ1v) is 4.63. The van der Waals surface area contributed by atoms with E-state index in [-0.39, 0.29) is 17.8 Å². The van der Waals surface area contributed by atoms with E-state index in [1.165, 1.54) is 0 Å². The third kappa shape index (κ3) is 7.00. The lowest BCUT2D eigenvalue weighted by atomic mass is 10.1. The van der Waals surface area contributed by atoms with Crippen LogP contribution < -0.4 is 5.32 Å². The number of nitrogens with one attached hydrogen (secondary N) is 1. The highest BCUT2D eigenvalue weighted by Gasteiger charge is 2.31. The Labute approximate surface area is 85.8 Å². The van der Waals surface area contributed by atoms with E-state index >= 15 is 0 Å². The molecule has 0 aromatic heterocycles. The maximum absolute atomic E-state index is 11.7. The average molecular weight is 232 g/mol. The van der Waals surface area contributed by atoms with Crippen molar-refractivity contribution in [2.24, 2.45) is 5.92 Å². The van der Waals surface area contributed by atoms with Crippen molar-refractivity contribution in [3.05, 3.63) is 0 Å². The van der Waals surface area contributed by atoms with Crippen LogP contribution in [0.4, 0.5) is 13.2 Å². The number of hydrogen-bond donors (Lipinski definition) is 1. The average Bonchev–Trinajstić information content (AvgIpc) is 1.96. The van der Waals surface area contributed by atoms with Gasteiger partial charge in [0.05, 0.1) is 5.38 Å². The molecular weight excluding hydrogens is 219 g/mol. The Hall–Kier alpha value is -0.450. The van der Waals surface area contributed by atoms with Crippen molar-refractivity contribution < 1.29 is 18.0 Å². The number of carbonyl (C=O) groups excluding carboxylic acids is 1. The Morgan fingerprint density at radius 3 is 2.29 bits per heavy atom. The van der Waals surface area contributed by atoms with Crippen LogP contribution in [0.3, 0.4) is 0 Å². The highest BCUT2D eigenvalue weighted by atomic mass is 35.5. The molecule has 6 heteroatoms. The van der Waals surface area contributed by atoms with Gasteiger partial charge in [-0.2, -0.15) is 13.2 Å². The molecule has 14 heavy (non-hydrogen) atoms. The van der Waals surface area contributed by atoms with Crippen LogP contribution in [0.2, 0.25) is 0 Å². The predicted octanol–water partition coefficient (Wildman–Crippen LogP) is 2.32. The molecule has 1 atom stereocenters. The third-order valence-corrected chi connectivity index (χ3v) is 2.24. The van der Waals surface area contributed by atoms with Gasteiger partial charge in [-0.1, -0.05) is 13.8 Å². The lowest BCUT2D eigenvalue weighted by Gasteiger charge is -2.14. The summed E-state index contributed by atoms with van der Waals surface area (Å²) >= 11 is 5.74. The minimum atomic E-state index is -4.45. The molecule has 0 fully saturated rings. The summed E-state index contributed by atoms with van der Waals surface area (Å²) in [6.45, 7) is 3.72. The van der Waals surface area contributed by atoms with Gasteiger partial charge >= 0.3 is 6.18 Å². The molecular formula is C8H13ClF3NO. The van der Waals surface area contributed by atoms with Crippen molar-refractivity contribution in [3.8, 4) is 0 Å². The number of alkyl halides is 4. The lowest BCUT2D eigenvalue weighted by molar-refractivity contribution is -0.153. The minimum Gasteiger partial charge on any atom is -0.354 e. The van der Waals surface area contributed by atoms with Crippen molar-refractivity contribution in [2.45, 2.75) is 31.8 Å². The summed E-state index contributed by atoms with van der Waals surface area (Å²) in [5.41, 5.74) is 0. The van der Waals surface area contributed by atoms with E-state index in [0.29, 0.717) is 0 Å². The molecule has 0 aliphatic carbocycles. The fraction of sp³-hybridized carbons (Fsp3) is 0.875. The highest BCUT2D eigenvalue weighted by molar-refractivity contribution is 6.21. The first-order valence-electron chi connectivity index (χ1n) is 4.20. The number of rotatable bonds is 4. The lowest BCUT2D eigenvalue weighted by Crippen LogP contribution is -2.34. The largest absolute Gasteiger partial charge is 0.397 e. The van der Waals surface area contributed by atoms with Gasteiger partial charge in [-0.15, -0.1) is 11.6 Å². The molecule has 0 aliphatic rings. The standard InChI is InChI=1S/C8H13ClF3NO/c1-5(2)6(9)4-13-7(14)3-8(10,11)12/h5-6H,3-4H2,1-2H3,(H,13,14). The molecule has 84 valence electrons. The molecule has 0 rings (SSSR count). The Bertz CT molecular complexity index is 194. The van der Waals surface area contributed by atoms with Crippen LogP contribution >= 0.6 is 11.6 Å². The van der Waals surface area contributed by atoms with E-state index in [9.17, 15) is 18.0 Å². The van der Waals surface area contributed by atoms with E-state index in [0.717, 1.165) is 0 Å². The third-order valence-electron chi connectivity index (χ3n) is 1.58. The summed E-state index contributed by atoms with van der Waals surface area (Å²) in [7, 11) is 0. The molecule has 1 unspecified atom stereocenters. The highest BCUT2D eigenvalue weighted by Crippen LogP contribution is 2.19. The normalized spacial score (nSPS) is 14.2. The fourth-order valence-electron chi connectivity index (χ4n) is 0.692. The Kier molecular flexibility index (Phi) is 5.26. The van der Waals surface area contributed by atoms with Crippen molar-refractivity contribution in [2.75, 3.05) is 6.54 Å². The number of halogens is 4. The van der Waals surface area contributed by atoms with Gasteiger partial charge in [0, 0.05) is 6.54 Å². The van der Waals surface area contributed by atoms with Crippen molar-refractivity contribution in [1.82, 2.24) is 5.32 Å². The van der Waals surface area contributed by atoms with Gasteiger partial charge in [0.1, 0.15) is 6.42 Å². The molecule has 0 radical (unpaired) electrons. The van der Waals surface area contributed by atoms with Crippen LogP contribution in [0.1, 0.15) is 20.3 Å². The molecule has 1 amide bonds. The van der Waals surface area contributed by atoms with Gasteiger partial charge in [0.15, 0.2) is 0 Å². The smallest absolute Gasteiger partial charge is 0.354 e. The van der Waals surface area contributed by atoms with E-state index in [2.05, 4.69) is 5.32 Å². The van der Waals surface area contributed by atoms with Crippen molar-refractivity contribution in [1.29, 1.82) is 0 Å². The maximum Gasteiger partial charge on any atom is 0.397 e. The predicted molar refractivity (Wildman–Crippen MR) is 48.2 cm³/mol. The Morgan fingerprint density at radius 1 is 1.43 bits per heavy atom. The summed E-state index contributed by atoms with van der Waals surface area (Å²) in [4.78, 5) is 10.7. The number of hydrogen-bond acceptors (Lipinski definition) is 1. The van der Waals surface area contributed by atoms with Gasteiger partial charge in [0.25, 0.3) is 0 Å². The zero-order chi connectivity index (χ0) is 11.4. The summed E-state index contributed by atoms with van der Waals surface area (Å²) in [5, 5.41) is 1.79. The molecule has 0 saturated carbocycles. The summed E-state index contributed by atoms with van der Waals surface area (Å²) < 4.78 is 35.1. The second kappa shape index (κ2) is 5.44. The molecule has 2 nitrogen and oxygen atoms in total. The maximum atomic E-state index is 11.7. The first kappa shape index (κ1) is 13.5. The van der Waals surface area contributed by atoms with Crippen molar-refractivity contribution in [3.63, 3.8) is 0 Å². The summed E-state index contributed by atoms with van der Waals surface area (Å²) in [5.74, 6) is -0.924. The van der Waals surface area contributed by atoms with Crippen LogP contribution in [-0.2, 0) is 4.79 Å². The van der Waals surface area contributed by atoms with Gasteiger partial charge in [0.2, 0.25) is 5.91 Å². The fourth-order valence-corrected chi connectivity index (χ4v) is 0.769. The molecule has 0 heterocycles. The monoisotopic (exact) mass is 231 g/mol. The first-order chi connectivity index (χ1) is 6.22. The SMILES string of the molecule is CC(C)C(Cl)CNC(=O)CC(F)(F)F. The van der Waals surface area contributed by atoms with E-state index in [1.807, 2.05) is 13.8 Å². The molecule has 0 aromatic rings.